The predicted octanol–water partition coefficient (Wildman–Crippen LogP) is 2.09. The zero-order chi connectivity index (χ0) is 21.1. The Kier molecular flexibility index (Phi) is 6.13. The smallest absolute Gasteiger partial charge is 0.253 e. The number of carbonyl (C=O) groups is 2. The molecule has 0 bridgehead atoms. The zero-order valence-electron chi connectivity index (χ0n) is 17.3. The van der Waals surface area contributed by atoms with E-state index in [0.717, 1.165) is 43.9 Å². The van der Waals surface area contributed by atoms with Gasteiger partial charge in [-0.2, -0.15) is 0 Å². The van der Waals surface area contributed by atoms with Crippen molar-refractivity contribution in [3.05, 3.63) is 30.0 Å². The number of para-hydroxylation sites is 1. The van der Waals surface area contributed by atoms with E-state index in [1.54, 1.807) is 19.2 Å². The second-order valence-electron chi connectivity index (χ2n) is 8.34. The highest BCUT2D eigenvalue weighted by molar-refractivity contribution is 6.05. The van der Waals surface area contributed by atoms with E-state index in [1.165, 1.54) is 0 Å². The summed E-state index contributed by atoms with van der Waals surface area (Å²) in [6.07, 6.45) is 6.36. The molecular formula is C22H29N5O3. The summed E-state index contributed by atoms with van der Waals surface area (Å²) in [4.78, 5) is 35.3. The van der Waals surface area contributed by atoms with Gasteiger partial charge in [0.1, 0.15) is 0 Å². The fourth-order valence-corrected chi connectivity index (χ4v) is 4.31. The third-order valence-electron chi connectivity index (χ3n) is 6.16. The second-order valence-corrected chi connectivity index (χ2v) is 8.34. The van der Waals surface area contributed by atoms with Crippen molar-refractivity contribution < 1.29 is 14.7 Å². The standard InChI is InChI=1S/C22H29N5O3/c1-14(28)27-11-9-17(10-12-27)24-21(30)19-4-2-3-15-13-23-22(26-20(15)19)25-16-5-7-18(29)8-6-16/h2-4,13,16-18,29H,5-12H2,1H3,(H,24,30)(H,23,25,26). The molecule has 2 amide bonds. The highest BCUT2D eigenvalue weighted by Crippen LogP contribution is 2.23. The molecule has 0 unspecified atom stereocenters. The van der Waals surface area contributed by atoms with Crippen molar-refractivity contribution in [3.8, 4) is 0 Å². The molecule has 2 heterocycles. The lowest BCUT2D eigenvalue weighted by atomic mass is 9.93. The van der Waals surface area contributed by atoms with Crippen LogP contribution in [0.25, 0.3) is 10.9 Å². The Morgan fingerprint density at radius 1 is 1.07 bits per heavy atom. The van der Waals surface area contributed by atoms with Crippen LogP contribution in [0.3, 0.4) is 0 Å². The Labute approximate surface area is 176 Å². The maximum absolute atomic E-state index is 13.0. The molecule has 30 heavy (non-hydrogen) atoms. The molecule has 0 atom stereocenters. The lowest BCUT2D eigenvalue weighted by Crippen LogP contribution is -2.46. The molecule has 4 rings (SSSR count). The van der Waals surface area contributed by atoms with Gasteiger partial charge < -0.3 is 20.6 Å². The van der Waals surface area contributed by atoms with Crippen molar-refractivity contribution in [2.45, 2.75) is 63.6 Å². The molecule has 1 aliphatic carbocycles. The highest BCUT2D eigenvalue weighted by Gasteiger charge is 2.24. The Morgan fingerprint density at radius 3 is 2.50 bits per heavy atom. The van der Waals surface area contributed by atoms with Crippen LogP contribution < -0.4 is 10.6 Å². The first-order valence-corrected chi connectivity index (χ1v) is 10.8. The Hall–Kier alpha value is -2.74. The van der Waals surface area contributed by atoms with Crippen LogP contribution in [0.15, 0.2) is 24.4 Å². The van der Waals surface area contributed by atoms with Crippen molar-refractivity contribution >= 4 is 28.7 Å². The number of carbonyl (C=O) groups excluding carboxylic acids is 2. The Bertz CT molecular complexity index is 918. The van der Waals surface area contributed by atoms with Crippen LogP contribution in [-0.4, -0.2) is 63.1 Å². The van der Waals surface area contributed by atoms with Gasteiger partial charge in [-0.1, -0.05) is 12.1 Å². The fraction of sp³-hybridized carbons (Fsp3) is 0.545. The van der Waals surface area contributed by atoms with Gasteiger partial charge >= 0.3 is 0 Å². The van der Waals surface area contributed by atoms with Gasteiger partial charge in [-0.15, -0.1) is 0 Å². The molecule has 1 aromatic carbocycles. The van der Waals surface area contributed by atoms with Crippen LogP contribution in [0.4, 0.5) is 5.95 Å². The Balaban J connectivity index is 1.46. The summed E-state index contributed by atoms with van der Waals surface area (Å²) in [5, 5.41) is 17.0. The summed E-state index contributed by atoms with van der Waals surface area (Å²) in [7, 11) is 0. The molecular weight excluding hydrogens is 382 g/mol. The molecule has 1 saturated heterocycles. The van der Waals surface area contributed by atoms with Crippen LogP contribution >= 0.6 is 0 Å². The summed E-state index contributed by atoms with van der Waals surface area (Å²) in [5.74, 6) is 0.448. The average Bonchev–Trinajstić information content (AvgIpc) is 2.75. The molecule has 2 fully saturated rings. The van der Waals surface area contributed by atoms with E-state index in [4.69, 9.17) is 0 Å². The van der Waals surface area contributed by atoms with Gasteiger partial charge in [0.05, 0.1) is 17.2 Å². The minimum atomic E-state index is -0.210. The van der Waals surface area contributed by atoms with E-state index in [-0.39, 0.29) is 30.0 Å². The van der Waals surface area contributed by atoms with Gasteiger partial charge in [0.15, 0.2) is 0 Å². The van der Waals surface area contributed by atoms with Gasteiger partial charge in [0.25, 0.3) is 5.91 Å². The number of nitrogens with one attached hydrogen (secondary N) is 2. The van der Waals surface area contributed by atoms with E-state index < -0.39 is 0 Å². The van der Waals surface area contributed by atoms with Crippen molar-refractivity contribution in [1.29, 1.82) is 0 Å². The number of anilines is 1. The van der Waals surface area contributed by atoms with E-state index >= 15 is 0 Å². The monoisotopic (exact) mass is 411 g/mol. The van der Waals surface area contributed by atoms with Crippen molar-refractivity contribution in [3.63, 3.8) is 0 Å². The summed E-state index contributed by atoms with van der Waals surface area (Å²) >= 11 is 0. The predicted molar refractivity (Wildman–Crippen MR) is 114 cm³/mol. The number of amides is 2. The molecule has 1 aliphatic heterocycles. The minimum Gasteiger partial charge on any atom is -0.393 e. The SMILES string of the molecule is CC(=O)N1CCC(NC(=O)c2cccc3cnc(NC4CCC(O)CC4)nc23)CC1. The van der Waals surface area contributed by atoms with Gasteiger partial charge in [-0.25, -0.2) is 9.97 Å². The zero-order valence-corrected chi connectivity index (χ0v) is 17.3. The molecule has 8 heteroatoms. The first-order chi connectivity index (χ1) is 14.5. The second kappa shape index (κ2) is 8.95. The van der Waals surface area contributed by atoms with Crippen LogP contribution in [0, 0.1) is 0 Å². The fourth-order valence-electron chi connectivity index (χ4n) is 4.31. The lowest BCUT2D eigenvalue weighted by molar-refractivity contribution is -0.129. The van der Waals surface area contributed by atoms with Gasteiger partial charge in [0.2, 0.25) is 11.9 Å². The number of benzene rings is 1. The minimum absolute atomic E-state index is 0.0523. The van der Waals surface area contributed by atoms with Crippen molar-refractivity contribution in [2.75, 3.05) is 18.4 Å². The number of aliphatic hydroxyl groups is 1. The van der Waals surface area contributed by atoms with E-state index in [9.17, 15) is 14.7 Å². The maximum Gasteiger partial charge on any atom is 0.253 e. The number of piperidine rings is 1. The molecule has 1 aromatic heterocycles. The summed E-state index contributed by atoms with van der Waals surface area (Å²) in [6, 6.07) is 5.82. The normalized spacial score (nSPS) is 22.7. The topological polar surface area (TPSA) is 107 Å². The molecule has 3 N–H and O–H groups in total. The van der Waals surface area contributed by atoms with E-state index in [2.05, 4.69) is 20.6 Å². The van der Waals surface area contributed by atoms with Crippen molar-refractivity contribution in [2.24, 2.45) is 0 Å². The number of nitrogens with zero attached hydrogens (tertiary/aromatic N) is 3. The average molecular weight is 412 g/mol. The quantitative estimate of drug-likeness (QED) is 0.711. The lowest BCUT2D eigenvalue weighted by Gasteiger charge is -2.31. The molecule has 0 spiro atoms. The molecule has 8 nitrogen and oxygen atoms in total. The summed E-state index contributed by atoms with van der Waals surface area (Å²) in [5.41, 5.74) is 1.16. The van der Waals surface area contributed by atoms with E-state index in [1.807, 2.05) is 17.0 Å². The largest absolute Gasteiger partial charge is 0.393 e. The first kappa shape index (κ1) is 20.5. The van der Waals surface area contributed by atoms with Crippen LogP contribution in [-0.2, 0) is 4.79 Å². The van der Waals surface area contributed by atoms with E-state index in [0.29, 0.717) is 30.1 Å². The van der Waals surface area contributed by atoms with Crippen LogP contribution in [0.2, 0.25) is 0 Å². The third kappa shape index (κ3) is 4.70. The molecule has 0 radical (unpaired) electrons. The highest BCUT2D eigenvalue weighted by atomic mass is 16.3. The van der Waals surface area contributed by atoms with Gasteiger partial charge in [-0.3, -0.25) is 9.59 Å². The molecule has 2 aromatic rings. The number of hydrogen-bond donors (Lipinski definition) is 3. The third-order valence-corrected chi connectivity index (χ3v) is 6.16. The first-order valence-electron chi connectivity index (χ1n) is 10.8. The summed E-state index contributed by atoms with van der Waals surface area (Å²) < 4.78 is 0. The number of aliphatic hydroxyl groups excluding tert-OH is 1. The maximum atomic E-state index is 13.0. The molecule has 1 saturated carbocycles. The number of fused-ring (bicyclic) bond motifs is 1. The number of aromatic nitrogens is 2. The molecule has 160 valence electrons. The van der Waals surface area contributed by atoms with Gasteiger partial charge in [-0.05, 0) is 44.6 Å². The number of rotatable bonds is 4. The summed E-state index contributed by atoms with van der Waals surface area (Å²) in [6.45, 7) is 2.92. The van der Waals surface area contributed by atoms with Crippen LogP contribution in [0.1, 0.15) is 55.8 Å². The van der Waals surface area contributed by atoms with Gasteiger partial charge in [0, 0.05) is 43.7 Å². The molecule has 2 aliphatic rings. The van der Waals surface area contributed by atoms with Crippen molar-refractivity contribution in [1.82, 2.24) is 20.2 Å². The number of likely N-dealkylation sites (tertiary alicyclic amines) is 1. The Morgan fingerprint density at radius 2 is 1.80 bits per heavy atom. The number of hydrogen-bond acceptors (Lipinski definition) is 6. The van der Waals surface area contributed by atoms with Crippen LogP contribution in [0.5, 0.6) is 0 Å².